The predicted molar refractivity (Wildman–Crippen MR) is 277 cm³/mol. The average Bonchev–Trinajstić information content (AvgIpc) is 4.08. The zero-order valence-corrected chi connectivity index (χ0v) is 45.0. The predicted octanol–water partition coefficient (Wildman–Crippen LogP) is 3.54. The van der Waals surface area contributed by atoms with Crippen molar-refractivity contribution in [3.63, 3.8) is 0 Å². The molecule has 0 unspecified atom stereocenters. The van der Waals surface area contributed by atoms with Crippen LogP contribution in [-0.4, -0.2) is 146 Å². The Balaban J connectivity index is 1.23. The van der Waals surface area contributed by atoms with Gasteiger partial charge in [0.1, 0.15) is 24.2 Å². The van der Waals surface area contributed by atoms with Gasteiger partial charge < -0.3 is 52.3 Å². The van der Waals surface area contributed by atoms with Crippen LogP contribution < -0.4 is 42.5 Å². The number of hydrogen-bond acceptors (Lipinski definition) is 10. The number of carbonyl (C=O) groups is 8. The molecule has 8 N–H and O–H groups in total. The van der Waals surface area contributed by atoms with Gasteiger partial charge in [-0.25, -0.2) is 0 Å². The molecule has 1 aromatic rings. The smallest absolute Gasteiger partial charge is 0.251 e. The summed E-state index contributed by atoms with van der Waals surface area (Å²) in [6, 6.07) is 1.57. The first-order valence-electron chi connectivity index (χ1n) is 26.9. The second-order valence-electron chi connectivity index (χ2n) is 23.0. The first-order valence-corrected chi connectivity index (χ1v) is 26.9. The van der Waals surface area contributed by atoms with Crippen LogP contribution in [0.15, 0.2) is 24.3 Å². The molecule has 4 fully saturated rings. The van der Waals surface area contributed by atoms with Crippen LogP contribution in [0.5, 0.6) is 0 Å². The molecule has 5 rings (SSSR count). The lowest BCUT2D eigenvalue weighted by molar-refractivity contribution is -0.144. The van der Waals surface area contributed by atoms with E-state index >= 15 is 0 Å². The van der Waals surface area contributed by atoms with Gasteiger partial charge in [-0.15, -0.1) is 0 Å². The number of likely N-dealkylation sites (tertiary alicyclic amines) is 2. The third kappa shape index (κ3) is 15.5. The summed E-state index contributed by atoms with van der Waals surface area (Å²) in [6.45, 7) is 15.9. The molecule has 0 bridgehead atoms. The molecule has 2 aliphatic carbocycles. The van der Waals surface area contributed by atoms with Crippen molar-refractivity contribution in [2.45, 2.75) is 194 Å². The summed E-state index contributed by atoms with van der Waals surface area (Å²) < 4.78 is 0. The SMILES string of the molecule is CN[C@@H](C)C(=O)N[C@H](C(=O)N1CCC[C@H]1C(=O)N[C@H](CNC(=O)c1cccc(C(=O)NC[C@@H](NC(=O)[C@@H]2CCCN2C(=O)[C@@H](NC(=O)[C@H](C)NC)C(C)(C)C)C2CCCCC2)c1)C1CCCCC1)C(C)(C)C. The van der Waals surface area contributed by atoms with Crippen LogP contribution in [0, 0.1) is 22.7 Å². The Morgan fingerprint density at radius 2 is 0.889 bits per heavy atom. The van der Waals surface area contributed by atoms with E-state index in [1.165, 1.54) is 0 Å². The van der Waals surface area contributed by atoms with Crippen molar-refractivity contribution in [2.75, 3.05) is 40.3 Å². The first-order chi connectivity index (χ1) is 34.0. The fourth-order valence-corrected chi connectivity index (χ4v) is 10.7. The maximum Gasteiger partial charge on any atom is 0.251 e. The molecule has 8 atom stereocenters. The van der Waals surface area contributed by atoms with E-state index in [9.17, 15) is 38.4 Å². The Bertz CT molecular complexity index is 1920. The molecule has 0 aromatic heterocycles. The second kappa shape index (κ2) is 26.2. The van der Waals surface area contributed by atoms with Crippen molar-refractivity contribution < 1.29 is 38.4 Å². The minimum Gasteiger partial charge on any atom is -0.350 e. The van der Waals surface area contributed by atoms with Gasteiger partial charge in [0.15, 0.2) is 0 Å². The number of hydrogen-bond donors (Lipinski definition) is 8. The van der Waals surface area contributed by atoms with Gasteiger partial charge in [-0.3, -0.25) is 38.4 Å². The van der Waals surface area contributed by atoms with E-state index in [1.54, 1.807) is 62.0 Å². The highest BCUT2D eigenvalue weighted by Gasteiger charge is 2.45. The van der Waals surface area contributed by atoms with Gasteiger partial charge in [-0.05, 0) is 120 Å². The van der Waals surface area contributed by atoms with E-state index in [-0.39, 0.29) is 71.5 Å². The lowest BCUT2D eigenvalue weighted by Crippen LogP contribution is -2.60. The van der Waals surface area contributed by atoms with Crippen molar-refractivity contribution in [2.24, 2.45) is 22.7 Å². The lowest BCUT2D eigenvalue weighted by atomic mass is 9.83. The molecule has 402 valence electrons. The van der Waals surface area contributed by atoms with Crippen LogP contribution >= 0.6 is 0 Å². The summed E-state index contributed by atoms with van der Waals surface area (Å²) in [7, 11) is 3.36. The summed E-state index contributed by atoms with van der Waals surface area (Å²) >= 11 is 0. The Morgan fingerprint density at radius 1 is 0.528 bits per heavy atom. The second-order valence-corrected chi connectivity index (χ2v) is 23.0. The zero-order valence-electron chi connectivity index (χ0n) is 45.0. The van der Waals surface area contributed by atoms with Crippen LogP contribution in [0.3, 0.4) is 0 Å². The number of amides is 8. The molecule has 2 heterocycles. The standard InChI is InChI=1S/C54H88N10O8/c1-33(55-9)45(65)61-43(53(3,4)5)51(71)63-28-18-26-41(63)49(69)59-39(35-20-13-11-14-21-35)31-57-47(67)37-24-17-25-38(30-37)48(68)58-32-40(36-22-15-12-16-23-36)60-50(70)42-27-19-29-64(42)52(72)44(54(6,7)8)62-46(66)34(2)56-10/h17,24-25,30,33-36,39-44,55-56H,11-16,18-23,26-29,31-32H2,1-10H3,(H,57,67)(H,58,68)(H,59,69)(H,60,70)(H,61,65)(H,62,66)/t33-,34-,39+,40+,41-,42-,43+,44+/m0/s1. The Morgan fingerprint density at radius 3 is 1.22 bits per heavy atom. The minimum atomic E-state index is -0.839. The molecule has 2 saturated carbocycles. The summed E-state index contributed by atoms with van der Waals surface area (Å²) in [4.78, 5) is 113. The number of carbonyl (C=O) groups excluding carboxylic acids is 8. The van der Waals surface area contributed by atoms with Gasteiger partial charge in [0, 0.05) is 49.4 Å². The topological polar surface area (TPSA) is 239 Å². The molecular weight excluding hydrogens is 917 g/mol. The van der Waals surface area contributed by atoms with Crippen LogP contribution in [-0.2, 0) is 28.8 Å². The van der Waals surface area contributed by atoms with Gasteiger partial charge in [-0.1, -0.05) is 86.1 Å². The zero-order chi connectivity index (χ0) is 52.9. The molecule has 18 heteroatoms. The number of benzene rings is 1. The number of nitrogens with zero attached hydrogens (tertiary/aromatic N) is 2. The number of likely N-dealkylation sites (N-methyl/N-ethyl adjacent to an activating group) is 2. The van der Waals surface area contributed by atoms with Crippen LogP contribution in [0.1, 0.15) is 166 Å². The van der Waals surface area contributed by atoms with Gasteiger partial charge in [0.05, 0.1) is 12.1 Å². The maximum atomic E-state index is 14.2. The van der Waals surface area contributed by atoms with E-state index in [0.717, 1.165) is 64.2 Å². The van der Waals surface area contributed by atoms with Crippen molar-refractivity contribution in [1.29, 1.82) is 0 Å². The number of rotatable bonds is 20. The van der Waals surface area contributed by atoms with Crippen molar-refractivity contribution in [3.8, 4) is 0 Å². The molecule has 0 radical (unpaired) electrons. The van der Waals surface area contributed by atoms with Gasteiger partial charge in [0.25, 0.3) is 11.8 Å². The Labute approximate surface area is 428 Å². The van der Waals surface area contributed by atoms with Gasteiger partial charge in [-0.2, -0.15) is 0 Å². The average molecular weight is 1010 g/mol. The Hall–Kier alpha value is -5.10. The van der Waals surface area contributed by atoms with E-state index in [2.05, 4.69) is 42.5 Å². The summed E-state index contributed by atoms with van der Waals surface area (Å²) in [5, 5.41) is 24.2. The van der Waals surface area contributed by atoms with E-state index in [1.807, 2.05) is 41.5 Å². The highest BCUT2D eigenvalue weighted by Crippen LogP contribution is 2.31. The maximum absolute atomic E-state index is 14.2. The summed E-state index contributed by atoms with van der Waals surface area (Å²) in [5.41, 5.74) is -0.669. The molecule has 4 aliphatic rings. The largest absolute Gasteiger partial charge is 0.350 e. The highest BCUT2D eigenvalue weighted by molar-refractivity contribution is 6.00. The molecule has 2 saturated heterocycles. The van der Waals surface area contributed by atoms with Crippen LogP contribution in [0.25, 0.3) is 0 Å². The number of nitrogens with one attached hydrogen (secondary N) is 8. The van der Waals surface area contributed by atoms with Crippen molar-refractivity contribution >= 4 is 47.3 Å². The normalized spacial score (nSPS) is 21.6. The first kappa shape index (κ1) is 57.8. The van der Waals surface area contributed by atoms with Crippen molar-refractivity contribution in [3.05, 3.63) is 35.4 Å². The minimum absolute atomic E-state index is 0.116. The third-order valence-corrected chi connectivity index (χ3v) is 15.6. The van der Waals surface area contributed by atoms with Crippen LogP contribution in [0.2, 0.25) is 0 Å². The third-order valence-electron chi connectivity index (χ3n) is 15.6. The Kier molecular flexibility index (Phi) is 21.0. The molecular formula is C54H88N10O8. The molecule has 8 amide bonds. The van der Waals surface area contributed by atoms with E-state index in [0.29, 0.717) is 38.8 Å². The highest BCUT2D eigenvalue weighted by atomic mass is 16.2. The van der Waals surface area contributed by atoms with Gasteiger partial charge in [0.2, 0.25) is 35.4 Å². The molecule has 0 spiro atoms. The molecule has 1 aromatic carbocycles. The molecule has 2 aliphatic heterocycles. The monoisotopic (exact) mass is 1000 g/mol. The van der Waals surface area contributed by atoms with E-state index in [4.69, 9.17) is 0 Å². The quantitative estimate of drug-likeness (QED) is 0.0946. The molecule has 18 nitrogen and oxygen atoms in total. The van der Waals surface area contributed by atoms with Crippen LogP contribution in [0.4, 0.5) is 0 Å². The molecule has 72 heavy (non-hydrogen) atoms. The van der Waals surface area contributed by atoms with Gasteiger partial charge >= 0.3 is 0 Å². The fraction of sp³-hybridized carbons (Fsp3) is 0.741. The summed E-state index contributed by atoms with van der Waals surface area (Å²) in [6.07, 6.45) is 12.0. The fourth-order valence-electron chi connectivity index (χ4n) is 10.7. The summed E-state index contributed by atoms with van der Waals surface area (Å²) in [5.74, 6) is -2.31. The lowest BCUT2D eigenvalue weighted by Gasteiger charge is -2.37. The van der Waals surface area contributed by atoms with Crippen molar-refractivity contribution in [1.82, 2.24) is 52.3 Å². The van der Waals surface area contributed by atoms with E-state index < -0.39 is 71.0 Å².